The zero-order valence-electron chi connectivity index (χ0n) is 11.5. The lowest BCUT2D eigenvalue weighted by atomic mass is 10.2. The molecule has 2 N–H and O–H groups in total. The molecule has 7 heteroatoms. The van der Waals surface area contributed by atoms with Gasteiger partial charge in [-0.15, -0.1) is 11.3 Å². The summed E-state index contributed by atoms with van der Waals surface area (Å²) in [5, 5.41) is 9.73. The summed E-state index contributed by atoms with van der Waals surface area (Å²) < 4.78 is 27.0. The van der Waals surface area contributed by atoms with E-state index in [9.17, 15) is 8.42 Å². The Morgan fingerprint density at radius 2 is 1.95 bits per heavy atom. The quantitative estimate of drug-likeness (QED) is 0.846. The lowest BCUT2D eigenvalue weighted by Crippen LogP contribution is -2.26. The molecule has 4 nitrogen and oxygen atoms in total. The predicted molar refractivity (Wildman–Crippen MR) is 85.3 cm³/mol. The molecule has 0 saturated carbocycles. The van der Waals surface area contributed by atoms with Gasteiger partial charge in [0.15, 0.2) is 0 Å². The van der Waals surface area contributed by atoms with E-state index in [4.69, 9.17) is 16.7 Å². The molecule has 2 aromatic rings. The summed E-state index contributed by atoms with van der Waals surface area (Å²) in [4.78, 5) is 1.57. The van der Waals surface area contributed by atoms with Gasteiger partial charge >= 0.3 is 0 Å². The maximum absolute atomic E-state index is 12.2. The van der Waals surface area contributed by atoms with Crippen LogP contribution in [0.1, 0.15) is 15.3 Å². The Bertz CT molecular complexity index is 708. The molecule has 0 spiro atoms. The highest BCUT2D eigenvalue weighted by molar-refractivity contribution is 7.89. The van der Waals surface area contributed by atoms with Gasteiger partial charge in [-0.1, -0.05) is 23.7 Å². The van der Waals surface area contributed by atoms with Crippen LogP contribution in [0.25, 0.3) is 0 Å². The number of nitrogens with one attached hydrogen (secondary N) is 1. The van der Waals surface area contributed by atoms with E-state index in [0.29, 0.717) is 27.7 Å². The van der Waals surface area contributed by atoms with Crippen LogP contribution in [0, 0.1) is 6.92 Å². The number of aryl methyl sites for hydroxylation is 1. The van der Waals surface area contributed by atoms with E-state index in [1.807, 2.05) is 12.1 Å². The Labute approximate surface area is 133 Å². The van der Waals surface area contributed by atoms with Crippen LogP contribution < -0.4 is 4.72 Å². The second kappa shape index (κ2) is 6.89. The fourth-order valence-electron chi connectivity index (χ4n) is 1.93. The first kappa shape index (κ1) is 16.5. The van der Waals surface area contributed by atoms with Crippen molar-refractivity contribution in [2.45, 2.75) is 24.8 Å². The third-order valence-electron chi connectivity index (χ3n) is 2.99. The molecule has 114 valence electrons. The Kier molecular flexibility index (Phi) is 5.40. The number of aliphatic hydroxyl groups is 1. The van der Waals surface area contributed by atoms with Gasteiger partial charge in [-0.25, -0.2) is 13.1 Å². The first-order valence-corrected chi connectivity index (χ1v) is 9.04. The molecule has 0 fully saturated rings. The van der Waals surface area contributed by atoms with Crippen LogP contribution in [-0.2, 0) is 23.1 Å². The molecule has 1 aromatic heterocycles. The number of benzene rings is 1. The zero-order valence-corrected chi connectivity index (χ0v) is 13.9. The van der Waals surface area contributed by atoms with Crippen LogP contribution in [0.3, 0.4) is 0 Å². The molecule has 0 saturated heterocycles. The van der Waals surface area contributed by atoms with E-state index in [-0.39, 0.29) is 11.5 Å². The van der Waals surface area contributed by atoms with Crippen LogP contribution >= 0.6 is 22.9 Å². The van der Waals surface area contributed by atoms with E-state index in [1.54, 1.807) is 19.1 Å². The summed E-state index contributed by atoms with van der Waals surface area (Å²) in [6, 6.07) is 8.82. The standard InChI is InChI=1S/C14H16ClNO3S2/c1-10-14(8-13(9-17)20-10)21(18,19)16-7-6-11-2-4-12(15)5-3-11/h2-5,8,16-17H,6-7,9H2,1H3. The SMILES string of the molecule is Cc1sc(CO)cc1S(=O)(=O)NCCc1ccc(Cl)cc1. The molecule has 21 heavy (non-hydrogen) atoms. The van der Waals surface area contributed by atoms with E-state index in [1.165, 1.54) is 17.4 Å². The van der Waals surface area contributed by atoms with Crippen molar-refractivity contribution in [3.05, 3.63) is 50.7 Å². The summed E-state index contributed by atoms with van der Waals surface area (Å²) in [5.41, 5.74) is 1.01. The molecule has 0 radical (unpaired) electrons. The Balaban J connectivity index is 2.01. The summed E-state index contributed by atoms with van der Waals surface area (Å²) in [7, 11) is -3.54. The summed E-state index contributed by atoms with van der Waals surface area (Å²) in [5.74, 6) is 0. The molecule has 0 atom stereocenters. The van der Waals surface area contributed by atoms with Crippen LogP contribution in [0.5, 0.6) is 0 Å². The molecule has 2 rings (SSSR count). The van der Waals surface area contributed by atoms with Crippen LogP contribution in [-0.4, -0.2) is 20.1 Å². The fourth-order valence-corrected chi connectivity index (χ4v) is 4.58. The normalized spacial score (nSPS) is 11.8. The minimum Gasteiger partial charge on any atom is -0.391 e. The minimum absolute atomic E-state index is 0.147. The maximum Gasteiger partial charge on any atom is 0.241 e. The van der Waals surface area contributed by atoms with Gasteiger partial charge in [-0.05, 0) is 37.1 Å². The summed E-state index contributed by atoms with van der Waals surface area (Å²) in [6.07, 6.45) is 0.590. The number of rotatable bonds is 6. The first-order chi connectivity index (χ1) is 9.92. The first-order valence-electron chi connectivity index (χ1n) is 6.36. The highest BCUT2D eigenvalue weighted by atomic mass is 35.5. The average Bonchev–Trinajstić information content (AvgIpc) is 2.83. The third-order valence-corrected chi connectivity index (χ3v) is 5.99. The second-order valence-corrected chi connectivity index (χ2v) is 8.08. The molecule has 1 aromatic carbocycles. The van der Waals surface area contributed by atoms with E-state index < -0.39 is 10.0 Å². The molecule has 0 aliphatic carbocycles. The van der Waals surface area contributed by atoms with Crippen LogP contribution in [0.2, 0.25) is 5.02 Å². The Morgan fingerprint density at radius 1 is 1.29 bits per heavy atom. The van der Waals surface area contributed by atoms with Crippen molar-refractivity contribution in [3.8, 4) is 0 Å². The number of halogens is 1. The van der Waals surface area contributed by atoms with Gasteiger partial charge < -0.3 is 5.11 Å². The monoisotopic (exact) mass is 345 g/mol. The van der Waals surface area contributed by atoms with Crippen molar-refractivity contribution in [1.29, 1.82) is 0 Å². The molecule has 0 aliphatic heterocycles. The highest BCUT2D eigenvalue weighted by Crippen LogP contribution is 2.25. The molecule has 0 amide bonds. The lowest BCUT2D eigenvalue weighted by molar-refractivity contribution is 0.285. The largest absolute Gasteiger partial charge is 0.391 e. The van der Waals surface area contributed by atoms with Gasteiger partial charge in [0, 0.05) is 21.3 Å². The van der Waals surface area contributed by atoms with Gasteiger partial charge in [0.1, 0.15) is 0 Å². The zero-order chi connectivity index (χ0) is 15.5. The van der Waals surface area contributed by atoms with Crippen molar-refractivity contribution in [2.24, 2.45) is 0 Å². The number of sulfonamides is 1. The highest BCUT2D eigenvalue weighted by Gasteiger charge is 2.19. The van der Waals surface area contributed by atoms with Gasteiger partial charge in [-0.3, -0.25) is 0 Å². The second-order valence-electron chi connectivity index (χ2n) is 4.57. The lowest BCUT2D eigenvalue weighted by Gasteiger charge is -2.06. The molecular weight excluding hydrogens is 330 g/mol. The average molecular weight is 346 g/mol. The predicted octanol–water partition coefficient (Wildman–Crippen LogP) is 2.72. The van der Waals surface area contributed by atoms with E-state index >= 15 is 0 Å². The Hall–Kier alpha value is -0.920. The molecule has 0 bridgehead atoms. The minimum atomic E-state index is -3.54. The molecular formula is C14H16ClNO3S2. The molecule has 0 unspecified atom stereocenters. The van der Waals surface area contributed by atoms with E-state index in [2.05, 4.69) is 4.72 Å². The topological polar surface area (TPSA) is 66.4 Å². The number of hydrogen-bond donors (Lipinski definition) is 2. The van der Waals surface area contributed by atoms with Crippen molar-refractivity contribution in [1.82, 2.24) is 4.72 Å². The summed E-state index contributed by atoms with van der Waals surface area (Å²) >= 11 is 7.09. The fraction of sp³-hybridized carbons (Fsp3) is 0.286. The number of hydrogen-bond acceptors (Lipinski definition) is 4. The van der Waals surface area contributed by atoms with Gasteiger partial charge in [0.05, 0.1) is 11.5 Å². The van der Waals surface area contributed by atoms with Crippen molar-refractivity contribution in [2.75, 3.05) is 6.54 Å². The van der Waals surface area contributed by atoms with Gasteiger partial charge in [-0.2, -0.15) is 0 Å². The van der Waals surface area contributed by atoms with Crippen LogP contribution in [0.15, 0.2) is 35.2 Å². The number of thiophene rings is 1. The van der Waals surface area contributed by atoms with E-state index in [0.717, 1.165) is 5.56 Å². The van der Waals surface area contributed by atoms with Crippen LogP contribution in [0.4, 0.5) is 0 Å². The third kappa shape index (κ3) is 4.28. The Morgan fingerprint density at radius 3 is 2.52 bits per heavy atom. The van der Waals surface area contributed by atoms with Gasteiger partial charge in [0.2, 0.25) is 10.0 Å². The van der Waals surface area contributed by atoms with Crippen molar-refractivity contribution >= 4 is 33.0 Å². The van der Waals surface area contributed by atoms with Crippen molar-refractivity contribution in [3.63, 3.8) is 0 Å². The molecule has 0 aliphatic rings. The summed E-state index contributed by atoms with van der Waals surface area (Å²) in [6.45, 7) is 1.90. The van der Waals surface area contributed by atoms with Gasteiger partial charge in [0.25, 0.3) is 0 Å². The maximum atomic E-state index is 12.2. The molecule has 1 heterocycles. The van der Waals surface area contributed by atoms with Crippen molar-refractivity contribution < 1.29 is 13.5 Å². The smallest absolute Gasteiger partial charge is 0.241 e. The number of aliphatic hydroxyl groups excluding tert-OH is 1.